The number of aryl methyl sites for hydroxylation is 1. The molecule has 0 N–H and O–H groups in total. The minimum absolute atomic E-state index is 0.274. The van der Waals surface area contributed by atoms with Crippen LogP contribution in [0.2, 0.25) is 0 Å². The van der Waals surface area contributed by atoms with E-state index in [1.807, 2.05) is 78.9 Å². The van der Waals surface area contributed by atoms with Gasteiger partial charge in [-0.1, -0.05) is 78.9 Å². The smallest absolute Gasteiger partial charge is 0.363 e. The van der Waals surface area contributed by atoms with Crippen LogP contribution < -0.4 is 4.74 Å². The van der Waals surface area contributed by atoms with Gasteiger partial charge < -0.3 is 9.47 Å². The van der Waals surface area contributed by atoms with E-state index in [0.717, 1.165) is 33.6 Å². The normalized spacial score (nSPS) is 14.1. The van der Waals surface area contributed by atoms with Crippen molar-refractivity contribution in [2.24, 2.45) is 4.99 Å². The SMILES string of the molecule is Cc1ccccc1COc1ccc(/C=C2\N=C(c3ccc(-c4ccccc4)cc3)OC2=O)cc1. The Morgan fingerprint density at radius 2 is 1.41 bits per heavy atom. The fraction of sp³-hybridized carbons (Fsp3) is 0.0667. The molecule has 4 heteroatoms. The molecule has 0 aromatic heterocycles. The quantitative estimate of drug-likeness (QED) is 0.249. The van der Waals surface area contributed by atoms with E-state index in [9.17, 15) is 4.79 Å². The molecule has 0 aliphatic carbocycles. The number of carbonyl (C=O) groups excluding carboxylic acids is 1. The topological polar surface area (TPSA) is 47.9 Å². The summed E-state index contributed by atoms with van der Waals surface area (Å²) in [6.45, 7) is 2.58. The monoisotopic (exact) mass is 445 g/mol. The maximum atomic E-state index is 12.4. The molecular weight excluding hydrogens is 422 g/mol. The Bertz CT molecular complexity index is 1370. The second-order valence-electron chi connectivity index (χ2n) is 8.06. The van der Waals surface area contributed by atoms with E-state index >= 15 is 0 Å². The van der Waals surface area contributed by atoms with Crippen molar-refractivity contribution < 1.29 is 14.3 Å². The lowest BCUT2D eigenvalue weighted by molar-refractivity contribution is -0.129. The number of cyclic esters (lactones) is 1. The molecule has 5 rings (SSSR count). The Balaban J connectivity index is 1.28. The molecule has 4 nitrogen and oxygen atoms in total. The first-order valence-corrected chi connectivity index (χ1v) is 11.1. The van der Waals surface area contributed by atoms with Gasteiger partial charge in [-0.2, -0.15) is 0 Å². The van der Waals surface area contributed by atoms with Gasteiger partial charge in [-0.15, -0.1) is 0 Å². The summed E-state index contributed by atoms with van der Waals surface area (Å²) in [4.78, 5) is 16.8. The zero-order valence-corrected chi connectivity index (χ0v) is 18.8. The van der Waals surface area contributed by atoms with Crippen LogP contribution in [0.5, 0.6) is 5.75 Å². The molecule has 34 heavy (non-hydrogen) atoms. The summed E-state index contributed by atoms with van der Waals surface area (Å²) in [5.74, 6) is 0.623. The number of nitrogens with zero attached hydrogens (tertiary/aromatic N) is 1. The lowest BCUT2D eigenvalue weighted by atomic mass is 10.0. The number of hydrogen-bond donors (Lipinski definition) is 0. The van der Waals surface area contributed by atoms with Crippen LogP contribution in [0.3, 0.4) is 0 Å². The van der Waals surface area contributed by atoms with Crippen molar-refractivity contribution in [2.45, 2.75) is 13.5 Å². The van der Waals surface area contributed by atoms with E-state index in [4.69, 9.17) is 9.47 Å². The summed E-state index contributed by atoms with van der Waals surface area (Å²) in [6, 6.07) is 33.7. The molecular formula is C30H23NO3. The first-order valence-electron chi connectivity index (χ1n) is 11.1. The van der Waals surface area contributed by atoms with Crippen LogP contribution in [0.1, 0.15) is 22.3 Å². The number of hydrogen-bond acceptors (Lipinski definition) is 4. The lowest BCUT2D eigenvalue weighted by Gasteiger charge is -2.08. The van der Waals surface area contributed by atoms with Crippen LogP contribution in [0, 0.1) is 6.92 Å². The molecule has 0 saturated heterocycles. The molecule has 0 atom stereocenters. The van der Waals surface area contributed by atoms with E-state index < -0.39 is 5.97 Å². The fourth-order valence-electron chi connectivity index (χ4n) is 3.72. The standard InChI is InChI=1S/C30H23NO3/c1-21-7-5-6-10-26(21)20-33-27-17-11-22(12-18-27)19-28-30(32)34-29(31-28)25-15-13-24(14-16-25)23-8-3-2-4-9-23/h2-19H,20H2,1H3/b28-19-. The Hall–Kier alpha value is -4.44. The van der Waals surface area contributed by atoms with E-state index in [-0.39, 0.29) is 5.70 Å². The van der Waals surface area contributed by atoms with Gasteiger partial charge >= 0.3 is 5.97 Å². The zero-order valence-electron chi connectivity index (χ0n) is 18.8. The maximum Gasteiger partial charge on any atom is 0.363 e. The molecule has 0 bridgehead atoms. The molecule has 166 valence electrons. The Kier molecular flexibility index (Phi) is 6.04. The molecule has 0 radical (unpaired) electrons. The van der Waals surface area contributed by atoms with Crippen LogP contribution in [-0.2, 0) is 16.1 Å². The van der Waals surface area contributed by atoms with Crippen LogP contribution in [0.4, 0.5) is 0 Å². The molecule has 1 heterocycles. The Labute approximate surface area is 198 Å². The van der Waals surface area contributed by atoms with E-state index in [2.05, 4.69) is 36.2 Å². The van der Waals surface area contributed by atoms with Crippen molar-refractivity contribution in [3.05, 3.63) is 131 Å². The van der Waals surface area contributed by atoms with Crippen LogP contribution >= 0.6 is 0 Å². The van der Waals surface area contributed by atoms with Crippen LogP contribution in [0.25, 0.3) is 17.2 Å². The molecule has 0 spiro atoms. The Morgan fingerprint density at radius 1 is 0.765 bits per heavy atom. The number of rotatable bonds is 6. The molecule has 0 amide bonds. The summed E-state index contributed by atoms with van der Waals surface area (Å²) >= 11 is 0. The average Bonchev–Trinajstić information content (AvgIpc) is 3.25. The van der Waals surface area contributed by atoms with Crippen molar-refractivity contribution >= 4 is 17.9 Å². The molecule has 4 aromatic carbocycles. The third-order valence-electron chi connectivity index (χ3n) is 5.70. The lowest BCUT2D eigenvalue weighted by Crippen LogP contribution is -2.05. The highest BCUT2D eigenvalue weighted by Gasteiger charge is 2.24. The van der Waals surface area contributed by atoms with Gasteiger partial charge in [0.2, 0.25) is 5.90 Å². The second-order valence-corrected chi connectivity index (χ2v) is 8.06. The fourth-order valence-corrected chi connectivity index (χ4v) is 3.72. The van der Waals surface area contributed by atoms with Crippen molar-refractivity contribution in [3.63, 3.8) is 0 Å². The molecule has 0 saturated carbocycles. The van der Waals surface area contributed by atoms with Gasteiger partial charge in [0, 0.05) is 5.56 Å². The van der Waals surface area contributed by atoms with Gasteiger partial charge in [-0.25, -0.2) is 9.79 Å². The molecule has 0 unspecified atom stereocenters. The molecule has 4 aromatic rings. The number of esters is 1. The third kappa shape index (κ3) is 4.81. The van der Waals surface area contributed by atoms with Crippen molar-refractivity contribution in [3.8, 4) is 16.9 Å². The number of benzene rings is 4. The van der Waals surface area contributed by atoms with E-state index in [0.29, 0.717) is 12.5 Å². The summed E-state index contributed by atoms with van der Waals surface area (Å²) < 4.78 is 11.3. The van der Waals surface area contributed by atoms with Gasteiger partial charge in [-0.05, 0) is 65.1 Å². The summed E-state index contributed by atoms with van der Waals surface area (Å²) in [5.41, 5.74) is 6.46. The van der Waals surface area contributed by atoms with E-state index in [1.54, 1.807) is 6.08 Å². The van der Waals surface area contributed by atoms with Gasteiger partial charge in [0.05, 0.1) is 0 Å². The van der Waals surface area contributed by atoms with Gasteiger partial charge in [0.15, 0.2) is 5.70 Å². The average molecular weight is 446 g/mol. The van der Waals surface area contributed by atoms with Gasteiger partial charge in [-0.3, -0.25) is 0 Å². The molecule has 0 fully saturated rings. The van der Waals surface area contributed by atoms with Crippen LogP contribution in [-0.4, -0.2) is 11.9 Å². The number of aliphatic imine (C=N–C) groups is 1. The second kappa shape index (κ2) is 9.59. The first-order chi connectivity index (χ1) is 16.7. The minimum atomic E-state index is -0.456. The predicted octanol–water partition coefficient (Wildman–Crippen LogP) is 6.59. The van der Waals surface area contributed by atoms with Crippen molar-refractivity contribution in [1.82, 2.24) is 0 Å². The van der Waals surface area contributed by atoms with Crippen molar-refractivity contribution in [1.29, 1.82) is 0 Å². The summed E-state index contributed by atoms with van der Waals surface area (Å²) in [5, 5.41) is 0. The zero-order chi connectivity index (χ0) is 23.3. The van der Waals surface area contributed by atoms with Gasteiger partial charge in [0.1, 0.15) is 12.4 Å². The number of carbonyl (C=O) groups is 1. The highest BCUT2D eigenvalue weighted by Crippen LogP contribution is 2.24. The Morgan fingerprint density at radius 3 is 2.15 bits per heavy atom. The summed E-state index contributed by atoms with van der Waals surface area (Å²) in [6.07, 6.45) is 1.72. The minimum Gasteiger partial charge on any atom is -0.489 e. The number of ether oxygens (including phenoxy) is 2. The summed E-state index contributed by atoms with van der Waals surface area (Å²) in [7, 11) is 0. The maximum absolute atomic E-state index is 12.4. The predicted molar refractivity (Wildman–Crippen MR) is 134 cm³/mol. The molecule has 1 aliphatic heterocycles. The van der Waals surface area contributed by atoms with Gasteiger partial charge in [0.25, 0.3) is 0 Å². The first kappa shape index (κ1) is 21.4. The van der Waals surface area contributed by atoms with Crippen LogP contribution in [0.15, 0.2) is 114 Å². The highest BCUT2D eigenvalue weighted by atomic mass is 16.6. The molecule has 1 aliphatic rings. The van der Waals surface area contributed by atoms with E-state index in [1.165, 1.54) is 5.56 Å². The highest BCUT2D eigenvalue weighted by molar-refractivity contribution is 6.13. The van der Waals surface area contributed by atoms with Crippen molar-refractivity contribution in [2.75, 3.05) is 0 Å². The largest absolute Gasteiger partial charge is 0.489 e. The third-order valence-corrected chi connectivity index (χ3v) is 5.70.